The molecule has 0 radical (unpaired) electrons. The number of hydrogen-bond donors (Lipinski definition) is 0. The van der Waals surface area contributed by atoms with Gasteiger partial charge in [0.2, 0.25) is 11.5 Å². The number of carbonyl (C=O) groups is 2. The van der Waals surface area contributed by atoms with E-state index in [9.17, 15) is 9.59 Å². The summed E-state index contributed by atoms with van der Waals surface area (Å²) in [6.07, 6.45) is 3.86. The van der Waals surface area contributed by atoms with Gasteiger partial charge in [0.25, 0.3) is 0 Å². The molecule has 0 amide bonds. The largest absolute Gasteiger partial charge is 0.466 e. The molecule has 0 spiro atoms. The second kappa shape index (κ2) is 12.2. The van der Waals surface area contributed by atoms with E-state index in [1.165, 1.54) is 11.3 Å². The highest BCUT2D eigenvalue weighted by Crippen LogP contribution is 2.40. The van der Waals surface area contributed by atoms with E-state index >= 15 is 0 Å². The smallest absolute Gasteiger partial charge is 0.310 e. The molecule has 37 heavy (non-hydrogen) atoms. The van der Waals surface area contributed by atoms with E-state index in [0.717, 1.165) is 21.0 Å². The topological polar surface area (TPSA) is 71.0 Å². The first-order valence-electron chi connectivity index (χ1n) is 11.6. The molecule has 2 aromatic carbocycles. The monoisotopic (exact) mass is 547 g/mol. The molecule has 2 aromatic heterocycles. The molecule has 0 unspecified atom stereocenters. The number of benzene rings is 2. The van der Waals surface area contributed by atoms with Gasteiger partial charge in [0.1, 0.15) is 4.21 Å². The van der Waals surface area contributed by atoms with E-state index in [2.05, 4.69) is 6.07 Å². The number of pyridine rings is 1. The Morgan fingerprint density at radius 1 is 1.05 bits per heavy atom. The van der Waals surface area contributed by atoms with Crippen LogP contribution in [-0.2, 0) is 21.7 Å². The van der Waals surface area contributed by atoms with Gasteiger partial charge in [-0.05, 0) is 61.4 Å². The fourth-order valence-electron chi connectivity index (χ4n) is 3.70. The Morgan fingerprint density at radius 3 is 2.35 bits per heavy atom. The number of thiophene rings is 1. The maximum absolute atomic E-state index is 13.7. The van der Waals surface area contributed by atoms with Gasteiger partial charge in [0.05, 0.1) is 35.1 Å². The molecule has 8 heteroatoms. The Hall–Kier alpha value is -3.44. The molecule has 0 N–H and O–H groups in total. The van der Waals surface area contributed by atoms with Gasteiger partial charge in [-0.1, -0.05) is 23.7 Å². The van der Waals surface area contributed by atoms with Crippen LogP contribution < -0.4 is 4.57 Å². The summed E-state index contributed by atoms with van der Waals surface area (Å²) in [5.74, 6) is 0.0854. The summed E-state index contributed by atoms with van der Waals surface area (Å²) < 4.78 is 8.13. The number of ketones is 1. The third-order valence-electron chi connectivity index (χ3n) is 5.59. The number of aromatic nitrogens is 1. The third-order valence-corrected chi connectivity index (χ3v) is 8.40. The Labute approximate surface area is 229 Å². The SMILES string of the molecule is CCOC(=O)Cc1c(C(=O)c2ccc(Cl)cc2)sc(SCc2ccc(C#N)cc2)c1-[n+]1ccc(C)cc1. The standard InChI is InChI=1S/C29H24ClN2O3S2/c1-3-35-25(33)16-24-26(32-14-12-19(2)13-15-32)29(36-18-21-6-4-20(17-31)5-7-21)37-28(24)27(34)22-8-10-23(30)11-9-22/h4-15H,3,16,18H2,1-2H3/q+1. The summed E-state index contributed by atoms with van der Waals surface area (Å²) in [5, 5.41) is 9.63. The zero-order valence-electron chi connectivity index (χ0n) is 20.4. The van der Waals surface area contributed by atoms with Gasteiger partial charge in [0, 0.05) is 28.5 Å². The van der Waals surface area contributed by atoms with Crippen LogP contribution in [-0.4, -0.2) is 18.4 Å². The van der Waals surface area contributed by atoms with Crippen molar-refractivity contribution in [3.8, 4) is 11.8 Å². The minimum atomic E-state index is -0.386. The fraction of sp³-hybridized carbons (Fsp3) is 0.172. The zero-order valence-corrected chi connectivity index (χ0v) is 22.8. The zero-order chi connectivity index (χ0) is 26.4. The van der Waals surface area contributed by atoms with Crippen molar-refractivity contribution in [1.82, 2.24) is 0 Å². The van der Waals surface area contributed by atoms with Gasteiger partial charge in [-0.25, -0.2) is 0 Å². The number of nitriles is 1. The summed E-state index contributed by atoms with van der Waals surface area (Å²) in [6, 6.07) is 20.3. The molecule has 4 rings (SSSR count). The van der Waals surface area contributed by atoms with Crippen LogP contribution in [0.25, 0.3) is 5.69 Å². The summed E-state index contributed by atoms with van der Waals surface area (Å²) in [4.78, 5) is 26.8. The van der Waals surface area contributed by atoms with Crippen molar-refractivity contribution < 1.29 is 18.9 Å². The number of halogens is 1. The lowest BCUT2D eigenvalue weighted by Gasteiger charge is -2.06. The molecular formula is C29H24ClN2O3S2+. The van der Waals surface area contributed by atoms with E-state index in [1.807, 2.05) is 48.1 Å². The molecule has 186 valence electrons. The predicted molar refractivity (Wildman–Crippen MR) is 147 cm³/mol. The molecule has 0 atom stereocenters. The van der Waals surface area contributed by atoms with E-state index in [1.54, 1.807) is 55.1 Å². The average molecular weight is 548 g/mol. The van der Waals surface area contributed by atoms with E-state index < -0.39 is 0 Å². The highest BCUT2D eigenvalue weighted by atomic mass is 35.5. The van der Waals surface area contributed by atoms with Crippen molar-refractivity contribution in [3.63, 3.8) is 0 Å². The van der Waals surface area contributed by atoms with Crippen LogP contribution in [0, 0.1) is 18.3 Å². The van der Waals surface area contributed by atoms with Crippen molar-refractivity contribution in [1.29, 1.82) is 5.26 Å². The van der Waals surface area contributed by atoms with Gasteiger partial charge in [-0.3, -0.25) is 9.59 Å². The van der Waals surface area contributed by atoms with Crippen molar-refractivity contribution in [2.45, 2.75) is 30.2 Å². The Morgan fingerprint density at radius 2 is 1.73 bits per heavy atom. The van der Waals surface area contributed by atoms with Crippen molar-refractivity contribution in [2.75, 3.05) is 6.61 Å². The van der Waals surface area contributed by atoms with Crippen LogP contribution >= 0.6 is 34.7 Å². The van der Waals surface area contributed by atoms with Crippen LogP contribution in [0.5, 0.6) is 0 Å². The molecule has 4 aromatic rings. The number of esters is 1. The maximum Gasteiger partial charge on any atom is 0.310 e. The number of rotatable bonds is 9. The van der Waals surface area contributed by atoms with Crippen molar-refractivity contribution in [2.24, 2.45) is 0 Å². The Kier molecular flexibility index (Phi) is 8.78. The van der Waals surface area contributed by atoms with Crippen molar-refractivity contribution >= 4 is 46.5 Å². The Balaban J connectivity index is 1.82. The summed E-state index contributed by atoms with van der Waals surface area (Å²) in [5.41, 5.74) is 4.69. The number of hydrogen-bond acceptors (Lipinski definition) is 6. The molecule has 0 saturated heterocycles. The molecule has 0 aliphatic carbocycles. The van der Waals surface area contributed by atoms with Gasteiger partial charge in [0.15, 0.2) is 12.4 Å². The number of nitrogens with zero attached hydrogens (tertiary/aromatic N) is 2. The average Bonchev–Trinajstić information content (AvgIpc) is 3.26. The predicted octanol–water partition coefficient (Wildman–Crippen LogP) is 6.49. The van der Waals surface area contributed by atoms with Crippen LogP contribution in [0.4, 0.5) is 0 Å². The van der Waals surface area contributed by atoms with Crippen LogP contribution in [0.2, 0.25) is 5.02 Å². The lowest BCUT2D eigenvalue weighted by atomic mass is 10.0. The molecule has 0 aliphatic heterocycles. The third kappa shape index (κ3) is 6.47. The normalized spacial score (nSPS) is 10.6. The van der Waals surface area contributed by atoms with Gasteiger partial charge >= 0.3 is 5.97 Å². The first-order chi connectivity index (χ1) is 17.9. The maximum atomic E-state index is 13.7. The van der Waals surface area contributed by atoms with E-state index in [0.29, 0.717) is 32.3 Å². The molecule has 0 aliphatic rings. The quantitative estimate of drug-likeness (QED) is 0.104. The van der Waals surface area contributed by atoms with E-state index in [4.69, 9.17) is 21.6 Å². The highest BCUT2D eigenvalue weighted by molar-refractivity contribution is 8.00. The minimum absolute atomic E-state index is 0.0212. The van der Waals surface area contributed by atoms with Gasteiger partial charge in [-0.2, -0.15) is 9.83 Å². The first-order valence-corrected chi connectivity index (χ1v) is 13.8. The second-order valence-corrected chi connectivity index (χ2v) is 10.9. The lowest BCUT2D eigenvalue weighted by molar-refractivity contribution is -0.598. The minimum Gasteiger partial charge on any atom is -0.466 e. The van der Waals surface area contributed by atoms with Gasteiger partial charge in [-0.15, -0.1) is 23.1 Å². The number of thioether (sulfide) groups is 1. The van der Waals surface area contributed by atoms with Crippen LogP contribution in [0.15, 0.2) is 77.3 Å². The lowest BCUT2D eigenvalue weighted by Crippen LogP contribution is -2.31. The fourth-order valence-corrected chi connectivity index (χ4v) is 6.36. The molecular weight excluding hydrogens is 524 g/mol. The Bertz CT molecular complexity index is 1460. The number of carbonyl (C=O) groups excluding carboxylic acids is 2. The van der Waals surface area contributed by atoms with Crippen molar-refractivity contribution in [3.05, 3.63) is 111 Å². The highest BCUT2D eigenvalue weighted by Gasteiger charge is 2.31. The van der Waals surface area contributed by atoms with Crippen LogP contribution in [0.1, 0.15) is 44.4 Å². The van der Waals surface area contributed by atoms with E-state index in [-0.39, 0.29) is 24.8 Å². The molecule has 0 bridgehead atoms. The molecule has 0 fully saturated rings. The summed E-state index contributed by atoms with van der Waals surface area (Å²) in [7, 11) is 0. The van der Waals surface area contributed by atoms with Crippen LogP contribution in [0.3, 0.4) is 0 Å². The first kappa shape index (κ1) is 26.6. The summed E-state index contributed by atoms with van der Waals surface area (Å²) >= 11 is 9.01. The molecule has 5 nitrogen and oxygen atoms in total. The number of ether oxygens (including phenoxy) is 1. The van der Waals surface area contributed by atoms with Gasteiger partial charge < -0.3 is 4.74 Å². The molecule has 2 heterocycles. The number of aryl methyl sites for hydroxylation is 1. The summed E-state index contributed by atoms with van der Waals surface area (Å²) in [6.45, 7) is 4.03. The molecule has 0 saturated carbocycles. The second-order valence-electron chi connectivity index (χ2n) is 8.24.